The molecule has 1 heterocycles. The molecule has 1 atom stereocenters. The first-order valence-corrected chi connectivity index (χ1v) is 6.47. The number of hydrogen-bond acceptors (Lipinski definition) is 3. The smallest absolute Gasteiger partial charge is 0.239 e. The van der Waals surface area contributed by atoms with E-state index in [1.165, 1.54) is 0 Å². The lowest BCUT2D eigenvalue weighted by molar-refractivity contribution is -0.115. The first-order valence-electron chi connectivity index (χ1n) is 5.68. The van der Waals surface area contributed by atoms with Gasteiger partial charge in [0.1, 0.15) is 5.82 Å². The molecule has 4 nitrogen and oxygen atoms in total. The summed E-state index contributed by atoms with van der Waals surface area (Å²) >= 11 is 3.33. The first-order chi connectivity index (χ1) is 8.02. The summed E-state index contributed by atoms with van der Waals surface area (Å²) in [6, 6.07) is 2.27. The van der Waals surface area contributed by atoms with E-state index in [-0.39, 0.29) is 5.91 Å². The zero-order valence-electron chi connectivity index (χ0n) is 10.4. The minimum Gasteiger partial charge on any atom is -0.309 e. The largest absolute Gasteiger partial charge is 0.309 e. The van der Waals surface area contributed by atoms with Crippen LogP contribution in [0.5, 0.6) is 0 Å². The molecule has 0 fully saturated rings. The van der Waals surface area contributed by atoms with Crippen LogP contribution in [0, 0.1) is 6.92 Å². The summed E-state index contributed by atoms with van der Waals surface area (Å²) in [6.45, 7) is 6.36. The Morgan fingerprint density at radius 3 is 2.88 bits per heavy atom. The number of carbonyl (C=O) groups is 1. The number of hydrogen-bond donors (Lipinski definition) is 2. The molecular weight excluding hydrogens is 282 g/mol. The predicted octanol–water partition coefficient (Wildman–Crippen LogP) is 2.48. The van der Waals surface area contributed by atoms with Crippen LogP contribution >= 0.6 is 15.9 Å². The van der Waals surface area contributed by atoms with Crippen molar-refractivity contribution in [3.8, 4) is 0 Å². The molecule has 0 saturated carbocycles. The van der Waals surface area contributed by atoms with E-state index in [4.69, 9.17) is 0 Å². The lowest BCUT2D eigenvalue weighted by Crippen LogP contribution is -2.34. The van der Waals surface area contributed by atoms with Gasteiger partial charge in [-0.15, -0.1) is 0 Å². The molecule has 1 unspecified atom stereocenters. The first kappa shape index (κ1) is 14.1. The lowest BCUT2D eigenvalue weighted by atomic mass is 10.2. The van der Waals surface area contributed by atoms with Gasteiger partial charge in [0, 0.05) is 16.7 Å². The van der Waals surface area contributed by atoms with E-state index in [0.717, 1.165) is 16.5 Å². The van der Waals surface area contributed by atoms with Crippen LogP contribution < -0.4 is 10.6 Å². The van der Waals surface area contributed by atoms with Crippen LogP contribution in [0.2, 0.25) is 0 Å². The lowest BCUT2D eigenvalue weighted by Gasteiger charge is -2.11. The van der Waals surface area contributed by atoms with Crippen LogP contribution in [0.4, 0.5) is 5.82 Å². The number of nitrogens with zero attached hydrogens (tertiary/aromatic N) is 1. The molecule has 0 aliphatic heterocycles. The standard InChI is InChI=1S/C12H18BrN3O/c1-4-9(3)14-7-11(17)16-12-8(2)5-10(13)6-15-12/h5-6,9,14H,4,7H2,1-3H3,(H,15,16,17). The molecule has 1 aromatic rings. The highest BCUT2D eigenvalue weighted by atomic mass is 79.9. The molecule has 94 valence electrons. The molecule has 0 aliphatic carbocycles. The number of aryl methyl sites for hydroxylation is 1. The summed E-state index contributed by atoms with van der Waals surface area (Å²) in [5, 5.41) is 5.92. The predicted molar refractivity (Wildman–Crippen MR) is 73.1 cm³/mol. The van der Waals surface area contributed by atoms with Crippen molar-refractivity contribution in [3.05, 3.63) is 22.3 Å². The molecule has 1 rings (SSSR count). The fourth-order valence-corrected chi connectivity index (χ4v) is 1.70. The topological polar surface area (TPSA) is 54.0 Å². The molecule has 0 aliphatic rings. The van der Waals surface area contributed by atoms with Gasteiger partial charge in [-0.05, 0) is 47.8 Å². The van der Waals surface area contributed by atoms with Crippen LogP contribution in [0.3, 0.4) is 0 Å². The average molecular weight is 300 g/mol. The van der Waals surface area contributed by atoms with E-state index in [0.29, 0.717) is 18.4 Å². The fourth-order valence-electron chi connectivity index (χ4n) is 1.26. The minimum atomic E-state index is -0.0665. The van der Waals surface area contributed by atoms with Crippen molar-refractivity contribution in [2.45, 2.75) is 33.2 Å². The number of nitrogens with one attached hydrogen (secondary N) is 2. The van der Waals surface area contributed by atoms with Gasteiger partial charge in [-0.2, -0.15) is 0 Å². The Balaban J connectivity index is 2.50. The van der Waals surface area contributed by atoms with Gasteiger partial charge >= 0.3 is 0 Å². The van der Waals surface area contributed by atoms with Crippen molar-refractivity contribution < 1.29 is 4.79 Å². The van der Waals surface area contributed by atoms with Crippen molar-refractivity contribution >= 4 is 27.7 Å². The van der Waals surface area contributed by atoms with Crippen LogP contribution in [0.25, 0.3) is 0 Å². The molecule has 5 heteroatoms. The number of pyridine rings is 1. The van der Waals surface area contributed by atoms with E-state index in [9.17, 15) is 4.79 Å². The van der Waals surface area contributed by atoms with Crippen LogP contribution in [-0.4, -0.2) is 23.5 Å². The highest BCUT2D eigenvalue weighted by Crippen LogP contribution is 2.16. The van der Waals surface area contributed by atoms with E-state index in [1.807, 2.05) is 13.0 Å². The zero-order chi connectivity index (χ0) is 12.8. The Bertz CT molecular complexity index is 395. The highest BCUT2D eigenvalue weighted by molar-refractivity contribution is 9.10. The summed E-state index contributed by atoms with van der Waals surface area (Å²) in [4.78, 5) is 15.8. The SMILES string of the molecule is CCC(C)NCC(=O)Nc1ncc(Br)cc1C. The van der Waals surface area contributed by atoms with E-state index in [2.05, 4.69) is 45.4 Å². The maximum absolute atomic E-state index is 11.6. The normalized spacial score (nSPS) is 12.2. The quantitative estimate of drug-likeness (QED) is 0.878. The second-order valence-electron chi connectivity index (χ2n) is 4.06. The molecule has 0 bridgehead atoms. The monoisotopic (exact) mass is 299 g/mol. The number of carbonyl (C=O) groups excluding carboxylic acids is 1. The Morgan fingerprint density at radius 1 is 1.59 bits per heavy atom. The van der Waals surface area contributed by atoms with Crippen LogP contribution in [-0.2, 0) is 4.79 Å². The molecule has 0 saturated heterocycles. The highest BCUT2D eigenvalue weighted by Gasteiger charge is 2.07. The maximum atomic E-state index is 11.6. The Labute approximate surface area is 110 Å². The summed E-state index contributed by atoms with van der Waals surface area (Å²) in [7, 11) is 0. The van der Waals surface area contributed by atoms with Crippen LogP contribution in [0.15, 0.2) is 16.7 Å². The fraction of sp³-hybridized carbons (Fsp3) is 0.500. The number of halogens is 1. The maximum Gasteiger partial charge on any atom is 0.239 e. The Hall–Kier alpha value is -0.940. The van der Waals surface area contributed by atoms with Crippen LogP contribution in [0.1, 0.15) is 25.8 Å². The summed E-state index contributed by atoms with van der Waals surface area (Å²) < 4.78 is 0.908. The summed E-state index contributed by atoms with van der Waals surface area (Å²) in [6.07, 6.45) is 2.67. The van der Waals surface area contributed by atoms with E-state index < -0.39 is 0 Å². The van der Waals surface area contributed by atoms with E-state index >= 15 is 0 Å². The Kier molecular flexibility index (Phi) is 5.58. The molecule has 17 heavy (non-hydrogen) atoms. The molecule has 0 aromatic carbocycles. The third-order valence-electron chi connectivity index (χ3n) is 2.53. The second kappa shape index (κ2) is 6.71. The summed E-state index contributed by atoms with van der Waals surface area (Å²) in [5.74, 6) is 0.548. The number of anilines is 1. The van der Waals surface area contributed by atoms with Gasteiger partial charge in [0.05, 0.1) is 6.54 Å². The Morgan fingerprint density at radius 2 is 2.29 bits per heavy atom. The third kappa shape index (κ3) is 4.83. The third-order valence-corrected chi connectivity index (χ3v) is 2.96. The average Bonchev–Trinajstić information content (AvgIpc) is 2.29. The number of aromatic nitrogens is 1. The van der Waals surface area contributed by atoms with Gasteiger partial charge in [0.25, 0.3) is 0 Å². The molecule has 0 spiro atoms. The van der Waals surface area contributed by atoms with Gasteiger partial charge < -0.3 is 10.6 Å². The van der Waals surface area contributed by atoms with Crippen molar-refractivity contribution in [2.24, 2.45) is 0 Å². The van der Waals surface area contributed by atoms with Gasteiger partial charge in [0.2, 0.25) is 5.91 Å². The molecule has 1 amide bonds. The van der Waals surface area contributed by atoms with Gasteiger partial charge in [0.15, 0.2) is 0 Å². The summed E-state index contributed by atoms with van der Waals surface area (Å²) in [5.41, 5.74) is 0.941. The molecule has 1 aromatic heterocycles. The van der Waals surface area contributed by atoms with Gasteiger partial charge in [-0.1, -0.05) is 6.92 Å². The molecule has 2 N–H and O–H groups in total. The van der Waals surface area contributed by atoms with Crippen molar-refractivity contribution in [2.75, 3.05) is 11.9 Å². The van der Waals surface area contributed by atoms with Crippen molar-refractivity contribution in [3.63, 3.8) is 0 Å². The second-order valence-corrected chi connectivity index (χ2v) is 4.97. The van der Waals surface area contributed by atoms with Crippen molar-refractivity contribution in [1.29, 1.82) is 0 Å². The van der Waals surface area contributed by atoms with E-state index in [1.54, 1.807) is 6.20 Å². The number of amides is 1. The number of rotatable bonds is 5. The van der Waals surface area contributed by atoms with Gasteiger partial charge in [-0.3, -0.25) is 4.79 Å². The molecular formula is C12H18BrN3O. The molecule has 0 radical (unpaired) electrons. The van der Waals surface area contributed by atoms with Crippen molar-refractivity contribution in [1.82, 2.24) is 10.3 Å². The zero-order valence-corrected chi connectivity index (χ0v) is 12.0. The van der Waals surface area contributed by atoms with Gasteiger partial charge in [-0.25, -0.2) is 4.98 Å². The minimum absolute atomic E-state index is 0.0665.